The number of nitrogens with one attached hydrogen (secondary N) is 1. The molecule has 2 amide bonds. The summed E-state index contributed by atoms with van der Waals surface area (Å²) in [6.07, 6.45) is 0.262. The van der Waals surface area contributed by atoms with Gasteiger partial charge in [-0.25, -0.2) is 21.6 Å². The maximum absolute atomic E-state index is 12.0. The predicted octanol–water partition coefficient (Wildman–Crippen LogP) is 1.66. The van der Waals surface area contributed by atoms with E-state index in [2.05, 4.69) is 31.2 Å². The van der Waals surface area contributed by atoms with Crippen LogP contribution >= 0.6 is 0 Å². The Morgan fingerprint density at radius 2 is 1.42 bits per heavy atom. The average molecular weight is 701 g/mol. The number of benzene rings is 3. The number of hydroxylamine groups is 2. The van der Waals surface area contributed by atoms with Gasteiger partial charge in [-0.3, -0.25) is 15.0 Å². The fraction of sp³-hybridized carbons (Fsp3) is 0.100. The van der Waals surface area contributed by atoms with Crippen molar-refractivity contribution in [1.29, 1.82) is 5.41 Å². The van der Waals surface area contributed by atoms with Gasteiger partial charge in [0.05, 0.1) is 17.0 Å². The molecule has 0 saturated carbocycles. The van der Waals surface area contributed by atoms with Crippen LogP contribution in [0.3, 0.4) is 0 Å². The first-order chi connectivity index (χ1) is 22.4. The zero-order chi connectivity index (χ0) is 36.7. The van der Waals surface area contributed by atoms with Crippen molar-refractivity contribution in [1.82, 2.24) is 5.06 Å². The topological polar surface area (TPSA) is 281 Å². The Bertz CT molecular complexity index is 2160. The second kappa shape index (κ2) is 15.3. The summed E-state index contributed by atoms with van der Waals surface area (Å²) in [5.74, 6) is -3.90. The van der Waals surface area contributed by atoms with Crippen LogP contribution in [-0.4, -0.2) is 54.8 Å². The van der Waals surface area contributed by atoms with Crippen LogP contribution in [0.5, 0.6) is 0 Å². The average Bonchev–Trinajstić information content (AvgIpc) is 3.32. The highest BCUT2D eigenvalue weighted by molar-refractivity contribution is 7.86. The van der Waals surface area contributed by atoms with Gasteiger partial charge in [-0.2, -0.15) is 0 Å². The SMILES string of the molecule is C=C.C=C.CC(=O)ON1C(=O)CCC1=O.N=c1ccc2c(-c3ccccc3C(=O)[O-])c3ccc(N)c(S(=O)(=O)[O-])c3oc-2c1S(=O)(=O)[O-]. The Balaban J connectivity index is 0.000000448. The Hall–Kier alpha value is -5.69. The molecule has 1 aliphatic carbocycles. The van der Waals surface area contributed by atoms with Crippen molar-refractivity contribution < 1.29 is 59.5 Å². The fourth-order valence-electron chi connectivity index (χ4n) is 4.45. The van der Waals surface area contributed by atoms with Crippen molar-refractivity contribution >= 4 is 60.6 Å². The van der Waals surface area contributed by atoms with E-state index in [0.717, 1.165) is 19.1 Å². The number of carbonyl (C=O) groups excluding carboxylic acids is 4. The molecule has 1 fully saturated rings. The largest absolute Gasteiger partial charge is 0.744 e. The van der Waals surface area contributed by atoms with E-state index in [0.29, 0.717) is 5.06 Å². The number of anilines is 1. The molecule has 254 valence electrons. The number of fused-ring (bicyclic) bond motifs is 2. The molecule has 0 aromatic heterocycles. The second-order valence-corrected chi connectivity index (χ2v) is 11.7. The van der Waals surface area contributed by atoms with E-state index in [-0.39, 0.29) is 40.5 Å². The van der Waals surface area contributed by atoms with Crippen LogP contribution in [0.2, 0.25) is 0 Å². The van der Waals surface area contributed by atoms with Gasteiger partial charge in [0, 0.05) is 41.8 Å². The number of nitrogens with zero attached hydrogens (tertiary/aromatic N) is 1. The third kappa shape index (κ3) is 7.99. The molecule has 48 heavy (non-hydrogen) atoms. The quantitative estimate of drug-likeness (QED) is 0.0984. The van der Waals surface area contributed by atoms with Gasteiger partial charge in [-0.15, -0.1) is 31.4 Å². The predicted molar refractivity (Wildman–Crippen MR) is 164 cm³/mol. The van der Waals surface area contributed by atoms with Crippen LogP contribution in [0, 0.1) is 5.41 Å². The first-order valence-corrected chi connectivity index (χ1v) is 15.9. The third-order valence-electron chi connectivity index (χ3n) is 6.14. The summed E-state index contributed by atoms with van der Waals surface area (Å²) >= 11 is 0. The van der Waals surface area contributed by atoms with Gasteiger partial charge in [0.25, 0.3) is 11.8 Å². The molecule has 2 aromatic rings. The molecule has 0 bridgehead atoms. The van der Waals surface area contributed by atoms with Gasteiger partial charge in [0.15, 0.2) is 11.3 Å². The molecule has 18 heteroatoms. The lowest BCUT2D eigenvalue weighted by Gasteiger charge is -2.22. The molecule has 3 N–H and O–H groups in total. The lowest BCUT2D eigenvalue weighted by atomic mass is 9.90. The van der Waals surface area contributed by atoms with E-state index in [4.69, 9.17) is 15.6 Å². The van der Waals surface area contributed by atoms with Crippen LogP contribution in [0.15, 0.2) is 89.1 Å². The zero-order valence-corrected chi connectivity index (χ0v) is 26.6. The highest BCUT2D eigenvalue weighted by Gasteiger charge is 2.32. The summed E-state index contributed by atoms with van der Waals surface area (Å²) in [5.41, 5.74) is 3.87. The monoisotopic (exact) mass is 700 g/mol. The van der Waals surface area contributed by atoms with Gasteiger partial charge in [-0.05, 0) is 29.8 Å². The summed E-state index contributed by atoms with van der Waals surface area (Å²) in [6.45, 7) is 13.1. The van der Waals surface area contributed by atoms with Crippen LogP contribution < -0.4 is 16.2 Å². The van der Waals surface area contributed by atoms with Crippen molar-refractivity contribution in [3.8, 4) is 22.5 Å². The Kier molecular flexibility index (Phi) is 12.2. The standard InChI is InChI=1S/C20H14N2O9S2.C6H7NO4.2C2H4/c21-13-7-5-11-15(9-3-1-2-4-10(9)20(23)24)12-6-8-14(22)19(33(28,29)30)17(12)31-16(11)18(13)32(25,26)27;1-4(8)11-7-5(9)2-3-6(7)10;2*1-2/h1-8,21H,22H2,(H,23,24)(H,25,26,27)(H,28,29,30);2-3H2,1H3;2*1-2H2/p-3. The van der Waals surface area contributed by atoms with E-state index < -0.39 is 76.2 Å². The fourth-order valence-corrected chi connectivity index (χ4v) is 5.90. The Morgan fingerprint density at radius 1 is 0.875 bits per heavy atom. The van der Waals surface area contributed by atoms with Crippen LogP contribution in [0.4, 0.5) is 5.69 Å². The first kappa shape index (κ1) is 38.5. The number of amides is 2. The zero-order valence-electron chi connectivity index (χ0n) is 25.0. The normalized spacial score (nSPS) is 12.6. The first-order valence-electron chi connectivity index (χ1n) is 13.1. The Morgan fingerprint density at radius 3 is 1.92 bits per heavy atom. The molecule has 0 radical (unpaired) electrons. The summed E-state index contributed by atoms with van der Waals surface area (Å²) in [7, 11) is -10.6. The highest BCUT2D eigenvalue weighted by Crippen LogP contribution is 2.45. The number of rotatable bonds is 5. The van der Waals surface area contributed by atoms with Gasteiger partial charge < -0.3 is 34.0 Å². The third-order valence-corrected chi connectivity index (χ3v) is 7.97. The van der Waals surface area contributed by atoms with Crippen molar-refractivity contribution in [2.75, 3.05) is 5.73 Å². The van der Waals surface area contributed by atoms with E-state index in [9.17, 15) is 50.2 Å². The van der Waals surface area contributed by atoms with E-state index in [1.807, 2.05) is 0 Å². The lowest BCUT2D eigenvalue weighted by molar-refractivity contribution is -0.255. The molecular formula is C30H26N3O13S2-3. The summed E-state index contributed by atoms with van der Waals surface area (Å²) in [4.78, 5) is 45.8. The van der Waals surface area contributed by atoms with Crippen molar-refractivity contribution in [2.45, 2.75) is 29.6 Å². The molecule has 0 spiro atoms. The van der Waals surface area contributed by atoms with Gasteiger partial charge in [0.1, 0.15) is 30.0 Å². The molecule has 2 heterocycles. The smallest absolute Gasteiger partial charge is 0.330 e. The number of hydrogen-bond acceptors (Lipinski definition) is 15. The maximum atomic E-state index is 12.0. The van der Waals surface area contributed by atoms with Crippen molar-refractivity contribution in [2.24, 2.45) is 0 Å². The molecule has 1 saturated heterocycles. The summed E-state index contributed by atoms with van der Waals surface area (Å²) < 4.78 is 77.1. The number of carboxylic acid groups (broad SMARTS) is 1. The number of nitrogen functional groups attached to an aromatic ring is 1. The minimum atomic E-state index is -5.33. The molecule has 2 aliphatic heterocycles. The van der Waals surface area contributed by atoms with E-state index in [1.165, 1.54) is 36.4 Å². The number of hydrogen-bond donors (Lipinski definition) is 2. The summed E-state index contributed by atoms with van der Waals surface area (Å²) in [5, 5.41) is 19.3. The van der Waals surface area contributed by atoms with Crippen molar-refractivity contribution in [3.05, 3.63) is 85.8 Å². The lowest BCUT2D eigenvalue weighted by Crippen LogP contribution is -2.30. The maximum Gasteiger partial charge on any atom is 0.330 e. The van der Waals surface area contributed by atoms with Crippen LogP contribution in [0.25, 0.3) is 33.4 Å². The van der Waals surface area contributed by atoms with E-state index >= 15 is 0 Å². The summed E-state index contributed by atoms with van der Waals surface area (Å²) in [6, 6.07) is 9.91. The number of aromatic carboxylic acids is 1. The van der Waals surface area contributed by atoms with Crippen molar-refractivity contribution in [3.63, 3.8) is 0 Å². The Labute approximate surface area is 273 Å². The number of imide groups is 1. The van der Waals surface area contributed by atoms with Crippen LogP contribution in [-0.2, 0) is 39.5 Å². The number of carbonyl (C=O) groups is 4. The number of nitrogens with two attached hydrogens (primary N) is 1. The molecule has 3 aliphatic rings. The molecule has 2 aromatic carbocycles. The second-order valence-electron chi connectivity index (χ2n) is 9.06. The van der Waals surface area contributed by atoms with Gasteiger partial charge in [-0.1, -0.05) is 24.3 Å². The van der Waals surface area contributed by atoms with Crippen LogP contribution in [0.1, 0.15) is 30.1 Å². The molecule has 16 nitrogen and oxygen atoms in total. The number of carboxylic acids is 1. The minimum absolute atomic E-state index is 0.0469. The van der Waals surface area contributed by atoms with E-state index in [1.54, 1.807) is 0 Å². The molecule has 0 atom stereocenters. The molecule has 5 rings (SSSR count). The molecular weight excluding hydrogens is 674 g/mol. The highest BCUT2D eigenvalue weighted by atomic mass is 32.2. The minimum Gasteiger partial charge on any atom is -0.744 e. The molecule has 0 unspecified atom stereocenters. The van der Waals surface area contributed by atoms with Gasteiger partial charge >= 0.3 is 5.97 Å². The van der Waals surface area contributed by atoms with Gasteiger partial charge in [0.2, 0.25) is 0 Å².